The van der Waals surface area contributed by atoms with Gasteiger partial charge in [0.15, 0.2) is 0 Å². The van der Waals surface area contributed by atoms with E-state index in [2.05, 4.69) is 22.7 Å². The summed E-state index contributed by atoms with van der Waals surface area (Å²) in [4.78, 5) is 0. The summed E-state index contributed by atoms with van der Waals surface area (Å²) in [5.41, 5.74) is 0. The molecule has 0 bridgehead atoms. The van der Waals surface area contributed by atoms with Crippen LogP contribution in [0.4, 0.5) is 5.82 Å². The van der Waals surface area contributed by atoms with Gasteiger partial charge in [0.1, 0.15) is 5.82 Å². The van der Waals surface area contributed by atoms with E-state index in [9.17, 15) is 0 Å². The van der Waals surface area contributed by atoms with Crippen molar-refractivity contribution in [3.05, 3.63) is 12.3 Å². The number of nitrogens with zero attached hydrogens (tertiary/aromatic N) is 2. The van der Waals surface area contributed by atoms with Crippen LogP contribution in [-0.4, -0.2) is 29.4 Å². The number of anilines is 1. The lowest BCUT2D eigenvalue weighted by Crippen LogP contribution is -2.33. The molecule has 0 spiro atoms. The van der Waals surface area contributed by atoms with Crippen molar-refractivity contribution in [1.29, 1.82) is 0 Å². The van der Waals surface area contributed by atoms with Crippen LogP contribution in [0.3, 0.4) is 0 Å². The van der Waals surface area contributed by atoms with Crippen molar-refractivity contribution in [1.82, 2.24) is 15.1 Å². The van der Waals surface area contributed by atoms with Gasteiger partial charge in [-0.2, -0.15) is 5.10 Å². The fourth-order valence-electron chi connectivity index (χ4n) is 2.58. The van der Waals surface area contributed by atoms with Crippen molar-refractivity contribution in [3.8, 4) is 0 Å². The smallest absolute Gasteiger partial charge is 0.123 e. The lowest BCUT2D eigenvalue weighted by molar-refractivity contribution is 0.272. The summed E-state index contributed by atoms with van der Waals surface area (Å²) in [6.07, 6.45) is 5.79. The van der Waals surface area contributed by atoms with E-state index < -0.39 is 0 Å². The van der Waals surface area contributed by atoms with Gasteiger partial charge in [-0.15, -0.1) is 0 Å². The van der Waals surface area contributed by atoms with Crippen molar-refractivity contribution in [2.24, 2.45) is 18.9 Å². The molecule has 1 aliphatic rings. The highest BCUT2D eigenvalue weighted by Crippen LogP contribution is 2.22. The van der Waals surface area contributed by atoms with E-state index in [0.29, 0.717) is 0 Å². The van der Waals surface area contributed by atoms with Crippen LogP contribution in [0, 0.1) is 11.8 Å². The minimum atomic E-state index is 0.795. The van der Waals surface area contributed by atoms with E-state index in [0.717, 1.165) is 24.2 Å². The Hall–Kier alpha value is -1.03. The summed E-state index contributed by atoms with van der Waals surface area (Å²) in [7, 11) is 1.97. The van der Waals surface area contributed by atoms with Gasteiger partial charge in [0.05, 0.1) is 6.20 Å². The first-order valence-electron chi connectivity index (χ1n) is 6.70. The second kappa shape index (κ2) is 6.05. The number of aromatic nitrogens is 2. The number of aryl methyl sites for hydroxylation is 1. The van der Waals surface area contributed by atoms with Gasteiger partial charge >= 0.3 is 0 Å². The Kier molecular flexibility index (Phi) is 4.42. The molecular weight excluding hydrogens is 212 g/mol. The van der Waals surface area contributed by atoms with Crippen LogP contribution in [0.15, 0.2) is 12.3 Å². The van der Waals surface area contributed by atoms with E-state index in [1.54, 1.807) is 0 Å². The summed E-state index contributed by atoms with van der Waals surface area (Å²) in [6.45, 7) is 5.82. The van der Waals surface area contributed by atoms with Gasteiger partial charge < -0.3 is 10.6 Å². The first-order chi connectivity index (χ1) is 8.27. The lowest BCUT2D eigenvalue weighted by atomic mass is 9.85. The van der Waals surface area contributed by atoms with Crippen LogP contribution in [0.2, 0.25) is 0 Å². The molecule has 2 rings (SSSR count). The van der Waals surface area contributed by atoms with Crippen molar-refractivity contribution >= 4 is 5.82 Å². The highest BCUT2D eigenvalue weighted by molar-refractivity contribution is 5.33. The van der Waals surface area contributed by atoms with Gasteiger partial charge in [0.25, 0.3) is 0 Å². The second-order valence-electron chi connectivity index (χ2n) is 5.14. The largest absolute Gasteiger partial charge is 0.370 e. The van der Waals surface area contributed by atoms with Gasteiger partial charge in [0, 0.05) is 19.7 Å². The zero-order chi connectivity index (χ0) is 12.1. The van der Waals surface area contributed by atoms with Crippen LogP contribution < -0.4 is 10.6 Å². The number of rotatable bonds is 5. The molecule has 1 aromatic heterocycles. The highest BCUT2D eigenvalue weighted by atomic mass is 15.3. The minimum Gasteiger partial charge on any atom is -0.370 e. The minimum absolute atomic E-state index is 0.795. The first-order valence-corrected chi connectivity index (χ1v) is 6.70. The number of hydrogen-bond donors (Lipinski definition) is 2. The van der Waals surface area contributed by atoms with Crippen LogP contribution in [0.1, 0.15) is 26.2 Å². The molecule has 1 saturated heterocycles. The zero-order valence-corrected chi connectivity index (χ0v) is 10.9. The Labute approximate surface area is 104 Å². The summed E-state index contributed by atoms with van der Waals surface area (Å²) in [6, 6.07) is 2.02. The maximum Gasteiger partial charge on any atom is 0.123 e. The predicted octanol–water partition coefficient (Wildman–Crippen LogP) is 1.86. The second-order valence-corrected chi connectivity index (χ2v) is 5.14. The summed E-state index contributed by atoms with van der Waals surface area (Å²) >= 11 is 0. The molecule has 17 heavy (non-hydrogen) atoms. The zero-order valence-electron chi connectivity index (χ0n) is 10.9. The standard InChI is InChI=1S/C13H24N4/c1-11(12-4-3-7-14-10-12)5-8-15-13-6-9-16-17(13)2/h6,9,11-12,14-15H,3-5,7-8,10H2,1-2H3. The van der Waals surface area contributed by atoms with Gasteiger partial charge in [0.2, 0.25) is 0 Å². The van der Waals surface area contributed by atoms with Gasteiger partial charge in [-0.3, -0.25) is 4.68 Å². The van der Waals surface area contributed by atoms with Crippen molar-refractivity contribution in [3.63, 3.8) is 0 Å². The molecule has 4 heteroatoms. The third-order valence-corrected chi connectivity index (χ3v) is 3.87. The third kappa shape index (κ3) is 3.46. The van der Waals surface area contributed by atoms with Gasteiger partial charge in [-0.25, -0.2) is 0 Å². The molecule has 0 aromatic carbocycles. The fourth-order valence-corrected chi connectivity index (χ4v) is 2.58. The molecule has 2 unspecified atom stereocenters. The third-order valence-electron chi connectivity index (χ3n) is 3.87. The highest BCUT2D eigenvalue weighted by Gasteiger charge is 2.19. The number of hydrogen-bond acceptors (Lipinski definition) is 3. The monoisotopic (exact) mass is 236 g/mol. The van der Waals surface area contributed by atoms with Crippen LogP contribution in [0.5, 0.6) is 0 Å². The van der Waals surface area contributed by atoms with Crippen LogP contribution in [0.25, 0.3) is 0 Å². The molecule has 0 saturated carbocycles. The summed E-state index contributed by atoms with van der Waals surface area (Å²) in [5, 5.41) is 11.1. The molecular formula is C13H24N4. The molecule has 2 atom stereocenters. The molecule has 96 valence electrons. The Morgan fingerprint density at radius 2 is 2.53 bits per heavy atom. The first kappa shape index (κ1) is 12.4. The Balaban J connectivity index is 1.69. The maximum absolute atomic E-state index is 4.15. The van der Waals surface area contributed by atoms with Crippen molar-refractivity contribution < 1.29 is 0 Å². The molecule has 0 amide bonds. The lowest BCUT2D eigenvalue weighted by Gasteiger charge is -2.28. The summed E-state index contributed by atoms with van der Waals surface area (Å²) in [5.74, 6) is 2.76. The predicted molar refractivity (Wildman–Crippen MR) is 71.1 cm³/mol. The SMILES string of the molecule is CC(CCNc1ccnn1C)C1CCCNC1. The van der Waals surface area contributed by atoms with E-state index in [1.807, 2.05) is 24.0 Å². The number of piperidine rings is 1. The van der Waals surface area contributed by atoms with Crippen LogP contribution in [-0.2, 0) is 7.05 Å². The van der Waals surface area contributed by atoms with Gasteiger partial charge in [-0.1, -0.05) is 6.92 Å². The van der Waals surface area contributed by atoms with E-state index in [1.165, 1.54) is 32.4 Å². The molecule has 0 radical (unpaired) electrons. The Morgan fingerprint density at radius 1 is 1.65 bits per heavy atom. The van der Waals surface area contributed by atoms with E-state index >= 15 is 0 Å². The Morgan fingerprint density at radius 3 is 3.18 bits per heavy atom. The number of nitrogens with one attached hydrogen (secondary N) is 2. The molecule has 4 nitrogen and oxygen atoms in total. The van der Waals surface area contributed by atoms with Crippen molar-refractivity contribution in [2.45, 2.75) is 26.2 Å². The molecule has 1 fully saturated rings. The van der Waals surface area contributed by atoms with Gasteiger partial charge in [-0.05, 0) is 44.2 Å². The Bertz CT molecular complexity index is 328. The molecule has 2 N–H and O–H groups in total. The normalized spacial score (nSPS) is 22.4. The summed E-state index contributed by atoms with van der Waals surface area (Å²) < 4.78 is 1.88. The quantitative estimate of drug-likeness (QED) is 0.820. The molecule has 2 heterocycles. The van der Waals surface area contributed by atoms with E-state index in [-0.39, 0.29) is 0 Å². The van der Waals surface area contributed by atoms with Crippen molar-refractivity contribution in [2.75, 3.05) is 25.0 Å². The van der Waals surface area contributed by atoms with Crippen LogP contribution >= 0.6 is 0 Å². The molecule has 1 aromatic rings. The fraction of sp³-hybridized carbons (Fsp3) is 0.769. The average Bonchev–Trinajstić information content (AvgIpc) is 2.76. The van der Waals surface area contributed by atoms with E-state index in [4.69, 9.17) is 0 Å². The molecule has 0 aliphatic carbocycles. The topological polar surface area (TPSA) is 41.9 Å². The maximum atomic E-state index is 4.15. The average molecular weight is 236 g/mol. The molecule has 1 aliphatic heterocycles.